The van der Waals surface area contributed by atoms with Gasteiger partial charge in [-0.2, -0.15) is 0 Å². The third kappa shape index (κ3) is 3.65. The molecule has 4 heteroatoms. The molecular weight excluding hydrogens is 268 g/mol. The fourth-order valence-corrected chi connectivity index (χ4v) is 1.67. The van der Waals surface area contributed by atoms with Gasteiger partial charge in [-0.15, -0.1) is 0 Å². The second-order valence-corrected chi connectivity index (χ2v) is 4.77. The highest BCUT2D eigenvalue weighted by Gasteiger charge is 2.08. The second kappa shape index (κ2) is 6.82. The van der Waals surface area contributed by atoms with Crippen molar-refractivity contribution in [1.29, 1.82) is 0 Å². The first-order valence-electron chi connectivity index (χ1n) is 6.25. The highest BCUT2D eigenvalue weighted by molar-refractivity contribution is 7.79. The summed E-state index contributed by atoms with van der Waals surface area (Å²) in [4.78, 5) is 7.02. The SMILES string of the molecule is CN(C)C(=S)ON=C(c1ccccc1)c1ccccc1. The summed E-state index contributed by atoms with van der Waals surface area (Å²) in [6.07, 6.45) is 0. The molecule has 0 saturated carbocycles. The Kier molecular flexibility index (Phi) is 4.85. The Morgan fingerprint density at radius 2 is 1.35 bits per heavy atom. The van der Waals surface area contributed by atoms with Crippen LogP contribution in [0.1, 0.15) is 11.1 Å². The molecule has 2 rings (SSSR count). The molecule has 0 amide bonds. The van der Waals surface area contributed by atoms with Crippen LogP contribution in [-0.4, -0.2) is 29.9 Å². The Morgan fingerprint density at radius 1 is 0.900 bits per heavy atom. The molecule has 3 nitrogen and oxygen atoms in total. The Morgan fingerprint density at radius 3 is 1.75 bits per heavy atom. The van der Waals surface area contributed by atoms with Crippen LogP contribution in [0.2, 0.25) is 0 Å². The summed E-state index contributed by atoms with van der Waals surface area (Å²) in [5, 5.41) is 4.55. The van der Waals surface area contributed by atoms with Gasteiger partial charge in [-0.25, -0.2) is 0 Å². The lowest BCUT2D eigenvalue weighted by Gasteiger charge is -2.12. The van der Waals surface area contributed by atoms with Gasteiger partial charge in [0.25, 0.3) is 5.17 Å². The van der Waals surface area contributed by atoms with E-state index in [0.29, 0.717) is 5.17 Å². The maximum Gasteiger partial charge on any atom is 0.291 e. The second-order valence-electron chi connectivity index (χ2n) is 4.42. The molecule has 0 unspecified atom stereocenters. The van der Waals surface area contributed by atoms with Crippen LogP contribution in [0.15, 0.2) is 65.8 Å². The van der Waals surface area contributed by atoms with Gasteiger partial charge in [-0.3, -0.25) is 0 Å². The molecule has 0 heterocycles. The predicted octanol–water partition coefficient (Wildman–Crippen LogP) is 3.30. The lowest BCUT2D eigenvalue weighted by molar-refractivity contribution is 0.287. The van der Waals surface area contributed by atoms with Gasteiger partial charge in [-0.05, 0) is 12.2 Å². The first kappa shape index (κ1) is 14.2. The van der Waals surface area contributed by atoms with Crippen molar-refractivity contribution in [2.75, 3.05) is 14.1 Å². The summed E-state index contributed by atoms with van der Waals surface area (Å²) < 4.78 is 0. The van der Waals surface area contributed by atoms with Crippen LogP contribution >= 0.6 is 12.2 Å². The van der Waals surface area contributed by atoms with Crippen molar-refractivity contribution in [2.24, 2.45) is 5.16 Å². The third-order valence-corrected chi connectivity index (χ3v) is 3.11. The van der Waals surface area contributed by atoms with Crippen molar-refractivity contribution in [3.63, 3.8) is 0 Å². The standard InChI is InChI=1S/C16H16N2OS/c1-18(2)16(20)19-17-15(13-9-5-3-6-10-13)14-11-7-4-8-12-14/h3-12H,1-2H3. The van der Waals surface area contributed by atoms with Crippen molar-refractivity contribution >= 4 is 23.1 Å². The maximum absolute atomic E-state index is 5.32. The fourth-order valence-electron chi connectivity index (χ4n) is 1.63. The zero-order valence-electron chi connectivity index (χ0n) is 11.5. The van der Waals surface area contributed by atoms with Crippen LogP contribution in [0.5, 0.6) is 0 Å². The van der Waals surface area contributed by atoms with Crippen LogP contribution in [0.3, 0.4) is 0 Å². The summed E-state index contributed by atoms with van der Waals surface area (Å²) in [5.41, 5.74) is 2.73. The maximum atomic E-state index is 5.32. The zero-order chi connectivity index (χ0) is 14.4. The molecule has 2 aromatic carbocycles. The van der Waals surface area contributed by atoms with E-state index < -0.39 is 0 Å². The largest absolute Gasteiger partial charge is 0.337 e. The van der Waals surface area contributed by atoms with Crippen LogP contribution in [-0.2, 0) is 4.84 Å². The van der Waals surface area contributed by atoms with E-state index in [1.54, 1.807) is 4.90 Å². The number of oxime groups is 1. The first-order chi connectivity index (χ1) is 9.68. The van der Waals surface area contributed by atoms with Gasteiger partial charge < -0.3 is 9.74 Å². The summed E-state index contributed by atoms with van der Waals surface area (Å²) in [6, 6.07) is 19.8. The summed E-state index contributed by atoms with van der Waals surface area (Å²) >= 11 is 5.09. The number of nitrogens with zero attached hydrogens (tertiary/aromatic N) is 2. The lowest BCUT2D eigenvalue weighted by atomic mass is 10.0. The highest BCUT2D eigenvalue weighted by Crippen LogP contribution is 2.11. The minimum Gasteiger partial charge on any atom is -0.337 e. The lowest BCUT2D eigenvalue weighted by Crippen LogP contribution is -2.21. The Labute approximate surface area is 124 Å². The molecule has 0 saturated heterocycles. The van der Waals surface area contributed by atoms with Crippen molar-refractivity contribution < 1.29 is 4.84 Å². The van der Waals surface area contributed by atoms with E-state index in [2.05, 4.69) is 5.16 Å². The number of hydrogen-bond acceptors (Lipinski definition) is 3. The van der Waals surface area contributed by atoms with E-state index in [1.165, 1.54) is 0 Å². The molecule has 2 aromatic rings. The molecule has 0 fully saturated rings. The normalized spacial score (nSPS) is 9.70. The first-order valence-corrected chi connectivity index (χ1v) is 6.66. The quantitative estimate of drug-likeness (QED) is 0.491. The Bertz CT molecular complexity index is 553. The molecule has 0 N–H and O–H groups in total. The molecule has 0 aliphatic heterocycles. The number of benzene rings is 2. The monoisotopic (exact) mass is 284 g/mol. The Balaban J connectivity index is 2.35. The average Bonchev–Trinajstić information content (AvgIpc) is 2.49. The van der Waals surface area contributed by atoms with E-state index in [4.69, 9.17) is 17.1 Å². The minimum atomic E-state index is 0.328. The van der Waals surface area contributed by atoms with E-state index >= 15 is 0 Å². The smallest absolute Gasteiger partial charge is 0.291 e. The number of rotatable bonds is 3. The van der Waals surface area contributed by atoms with Crippen LogP contribution < -0.4 is 0 Å². The van der Waals surface area contributed by atoms with Crippen molar-refractivity contribution in [3.05, 3.63) is 71.8 Å². The van der Waals surface area contributed by atoms with Gasteiger partial charge in [0.15, 0.2) is 0 Å². The molecule has 0 bridgehead atoms. The molecule has 0 aliphatic rings. The predicted molar refractivity (Wildman–Crippen MR) is 85.9 cm³/mol. The van der Waals surface area contributed by atoms with Gasteiger partial charge >= 0.3 is 0 Å². The molecule has 0 radical (unpaired) electrons. The molecule has 0 spiro atoms. The number of hydrogen-bond donors (Lipinski definition) is 0. The molecular formula is C16H16N2OS. The summed E-state index contributed by atoms with van der Waals surface area (Å²) in [7, 11) is 3.64. The highest BCUT2D eigenvalue weighted by atomic mass is 32.1. The van der Waals surface area contributed by atoms with Gasteiger partial charge in [0.05, 0.1) is 0 Å². The van der Waals surface area contributed by atoms with Crippen molar-refractivity contribution in [3.8, 4) is 0 Å². The van der Waals surface area contributed by atoms with Gasteiger partial charge in [0.2, 0.25) is 0 Å². The van der Waals surface area contributed by atoms with Crippen molar-refractivity contribution in [1.82, 2.24) is 4.90 Å². The minimum absolute atomic E-state index is 0.328. The zero-order valence-corrected chi connectivity index (χ0v) is 12.3. The number of thiocarbonyl (C=S) groups is 1. The molecule has 0 atom stereocenters. The van der Waals surface area contributed by atoms with Gasteiger partial charge in [0.1, 0.15) is 5.71 Å². The summed E-state index contributed by atoms with van der Waals surface area (Å²) in [5.74, 6) is 0. The van der Waals surface area contributed by atoms with E-state index in [0.717, 1.165) is 16.8 Å². The molecule has 20 heavy (non-hydrogen) atoms. The summed E-state index contributed by atoms with van der Waals surface area (Å²) in [6.45, 7) is 0. The topological polar surface area (TPSA) is 24.8 Å². The fraction of sp³-hybridized carbons (Fsp3) is 0.125. The van der Waals surface area contributed by atoms with E-state index in [9.17, 15) is 0 Å². The third-order valence-electron chi connectivity index (χ3n) is 2.67. The van der Waals surface area contributed by atoms with Crippen LogP contribution in [0.4, 0.5) is 0 Å². The molecule has 102 valence electrons. The van der Waals surface area contributed by atoms with Gasteiger partial charge in [0, 0.05) is 25.2 Å². The van der Waals surface area contributed by atoms with Gasteiger partial charge in [-0.1, -0.05) is 65.8 Å². The van der Waals surface area contributed by atoms with Crippen molar-refractivity contribution in [2.45, 2.75) is 0 Å². The van der Waals surface area contributed by atoms with E-state index in [1.807, 2.05) is 74.8 Å². The Hall–Kier alpha value is -2.20. The van der Waals surface area contributed by atoms with E-state index in [-0.39, 0.29) is 0 Å². The molecule has 0 aliphatic carbocycles. The molecule has 0 aromatic heterocycles. The van der Waals surface area contributed by atoms with Crippen LogP contribution in [0, 0.1) is 0 Å². The van der Waals surface area contributed by atoms with Crippen LogP contribution in [0.25, 0.3) is 0 Å². The average molecular weight is 284 g/mol.